The van der Waals surface area contributed by atoms with E-state index in [9.17, 15) is 14.9 Å². The number of hydrazone groups is 1. The number of ether oxygens (including phenoxy) is 1. The van der Waals surface area contributed by atoms with E-state index in [0.717, 1.165) is 11.1 Å². The molecule has 3 aromatic rings. The zero-order chi connectivity index (χ0) is 25.2. The summed E-state index contributed by atoms with van der Waals surface area (Å²) in [7, 11) is 0. The first-order valence-corrected chi connectivity index (χ1v) is 11.3. The molecule has 35 heavy (non-hydrogen) atoms. The molecule has 0 fully saturated rings. The largest absolute Gasteiger partial charge is 0.488 e. The van der Waals surface area contributed by atoms with Crippen LogP contribution in [0.5, 0.6) is 5.75 Å². The van der Waals surface area contributed by atoms with E-state index < -0.39 is 11.9 Å². The molecule has 0 bridgehead atoms. The lowest BCUT2D eigenvalue weighted by Gasteiger charge is -2.20. The van der Waals surface area contributed by atoms with Crippen LogP contribution in [0.1, 0.15) is 46.5 Å². The predicted octanol–water partition coefficient (Wildman–Crippen LogP) is 4.35. The number of amides is 2. The van der Waals surface area contributed by atoms with Crippen LogP contribution in [0.25, 0.3) is 0 Å². The molecule has 1 atom stereocenters. The summed E-state index contributed by atoms with van der Waals surface area (Å²) in [6.45, 7) is 5.87. The number of nitrogens with zero attached hydrogens (tertiary/aromatic N) is 2. The number of carbonyl (C=O) groups is 2. The van der Waals surface area contributed by atoms with Crippen molar-refractivity contribution in [1.29, 1.82) is 5.26 Å². The second-order valence-corrected chi connectivity index (χ2v) is 8.39. The van der Waals surface area contributed by atoms with Crippen molar-refractivity contribution in [1.82, 2.24) is 10.7 Å². The van der Waals surface area contributed by atoms with Crippen molar-refractivity contribution in [2.75, 3.05) is 0 Å². The van der Waals surface area contributed by atoms with E-state index in [2.05, 4.69) is 21.9 Å². The molecular formula is C28H28N4O3. The van der Waals surface area contributed by atoms with Gasteiger partial charge in [-0.3, -0.25) is 9.59 Å². The van der Waals surface area contributed by atoms with Gasteiger partial charge in [0.2, 0.25) is 0 Å². The van der Waals surface area contributed by atoms with Crippen molar-refractivity contribution >= 4 is 18.0 Å². The Hall–Kier alpha value is -4.44. The maximum absolute atomic E-state index is 12.8. The summed E-state index contributed by atoms with van der Waals surface area (Å²) in [5, 5.41) is 16.1. The van der Waals surface area contributed by atoms with Crippen LogP contribution in [0.3, 0.4) is 0 Å². The number of carbonyl (C=O) groups excluding carboxylic acids is 2. The maximum atomic E-state index is 12.8. The number of benzene rings is 3. The average molecular weight is 469 g/mol. The lowest BCUT2D eigenvalue weighted by atomic mass is 10.0. The second-order valence-electron chi connectivity index (χ2n) is 8.39. The second kappa shape index (κ2) is 12.1. The molecular weight excluding hydrogens is 440 g/mol. The van der Waals surface area contributed by atoms with Gasteiger partial charge < -0.3 is 10.1 Å². The average Bonchev–Trinajstić information content (AvgIpc) is 2.86. The summed E-state index contributed by atoms with van der Waals surface area (Å²) >= 11 is 0. The highest BCUT2D eigenvalue weighted by Gasteiger charge is 2.24. The smallest absolute Gasteiger partial charge is 0.262 e. The molecule has 7 nitrogen and oxygen atoms in total. The first-order valence-electron chi connectivity index (χ1n) is 11.3. The standard InChI is InChI=1S/C28H28N4O3/c1-19(2)26(31-27(33)21-14-12-20(3)13-15-21)28(34)32-30-17-23-9-6-7-11-25(23)35-18-24-10-5-4-8-22(24)16-29/h4-15,17,19,26H,18H2,1-3H3,(H,31,33)(H,32,34). The first-order chi connectivity index (χ1) is 16.9. The van der Waals surface area contributed by atoms with E-state index in [1.165, 1.54) is 6.21 Å². The Balaban J connectivity index is 1.64. The van der Waals surface area contributed by atoms with Crippen LogP contribution in [-0.2, 0) is 11.4 Å². The number of hydrogen-bond acceptors (Lipinski definition) is 5. The molecule has 3 rings (SSSR count). The molecule has 0 saturated heterocycles. The van der Waals surface area contributed by atoms with Gasteiger partial charge in [-0.2, -0.15) is 10.4 Å². The molecule has 0 spiro atoms. The molecule has 0 radical (unpaired) electrons. The molecule has 2 amide bonds. The molecule has 2 N–H and O–H groups in total. The highest BCUT2D eigenvalue weighted by atomic mass is 16.5. The van der Waals surface area contributed by atoms with E-state index in [4.69, 9.17) is 4.74 Å². The number of rotatable bonds is 9. The minimum atomic E-state index is -0.755. The van der Waals surface area contributed by atoms with Crippen molar-refractivity contribution in [3.8, 4) is 11.8 Å². The monoisotopic (exact) mass is 468 g/mol. The van der Waals surface area contributed by atoms with Crippen LogP contribution >= 0.6 is 0 Å². The van der Waals surface area contributed by atoms with Crippen molar-refractivity contribution in [2.45, 2.75) is 33.4 Å². The summed E-state index contributed by atoms with van der Waals surface area (Å²) in [5.74, 6) is -0.320. The lowest BCUT2D eigenvalue weighted by molar-refractivity contribution is -0.123. The quantitative estimate of drug-likeness (QED) is 0.360. The zero-order valence-corrected chi connectivity index (χ0v) is 20.0. The molecule has 0 aliphatic heterocycles. The third kappa shape index (κ3) is 7.02. The fourth-order valence-corrected chi connectivity index (χ4v) is 3.33. The molecule has 178 valence electrons. The highest BCUT2D eigenvalue weighted by molar-refractivity contribution is 5.97. The summed E-state index contributed by atoms with van der Waals surface area (Å²) in [6, 6.07) is 23.0. The van der Waals surface area contributed by atoms with Crippen LogP contribution < -0.4 is 15.5 Å². The Morgan fingerprint density at radius 3 is 2.43 bits per heavy atom. The van der Waals surface area contributed by atoms with Crippen molar-refractivity contribution in [2.24, 2.45) is 11.0 Å². The van der Waals surface area contributed by atoms with E-state index in [1.807, 2.05) is 57.2 Å². The third-order valence-electron chi connectivity index (χ3n) is 5.37. The Kier molecular flexibility index (Phi) is 8.74. The summed E-state index contributed by atoms with van der Waals surface area (Å²) in [4.78, 5) is 25.3. The van der Waals surface area contributed by atoms with Crippen molar-refractivity contribution in [3.63, 3.8) is 0 Å². The minimum Gasteiger partial charge on any atom is -0.488 e. The minimum absolute atomic E-state index is 0.143. The molecule has 0 aliphatic rings. The molecule has 1 unspecified atom stereocenters. The maximum Gasteiger partial charge on any atom is 0.262 e. The van der Waals surface area contributed by atoms with Gasteiger partial charge in [0.15, 0.2) is 0 Å². The lowest BCUT2D eigenvalue weighted by Crippen LogP contribution is -2.48. The van der Waals surface area contributed by atoms with E-state index >= 15 is 0 Å². The third-order valence-corrected chi connectivity index (χ3v) is 5.37. The zero-order valence-electron chi connectivity index (χ0n) is 20.0. The van der Waals surface area contributed by atoms with Crippen LogP contribution in [0.2, 0.25) is 0 Å². The topological polar surface area (TPSA) is 104 Å². The van der Waals surface area contributed by atoms with E-state index in [1.54, 1.807) is 36.4 Å². The van der Waals surface area contributed by atoms with Gasteiger partial charge in [0.1, 0.15) is 18.4 Å². The van der Waals surface area contributed by atoms with E-state index in [-0.39, 0.29) is 18.4 Å². The normalized spacial score (nSPS) is 11.6. The van der Waals surface area contributed by atoms with Gasteiger partial charge >= 0.3 is 0 Å². The number of hydrogen-bond donors (Lipinski definition) is 2. The molecule has 7 heteroatoms. The molecule has 0 aliphatic carbocycles. The fraction of sp³-hybridized carbons (Fsp3) is 0.214. The van der Waals surface area contributed by atoms with Crippen LogP contribution in [0.15, 0.2) is 77.9 Å². The molecule has 3 aromatic carbocycles. The Labute approximate surface area is 205 Å². The predicted molar refractivity (Wildman–Crippen MR) is 135 cm³/mol. The van der Waals surface area contributed by atoms with Gasteiger partial charge in [-0.25, -0.2) is 5.43 Å². The van der Waals surface area contributed by atoms with Crippen LogP contribution in [-0.4, -0.2) is 24.1 Å². The van der Waals surface area contributed by atoms with Gasteiger partial charge in [0.05, 0.1) is 17.8 Å². The van der Waals surface area contributed by atoms with Crippen LogP contribution in [0, 0.1) is 24.2 Å². The summed E-state index contributed by atoms with van der Waals surface area (Å²) in [5.41, 5.74) is 6.04. The van der Waals surface area contributed by atoms with Gasteiger partial charge in [-0.15, -0.1) is 0 Å². The summed E-state index contributed by atoms with van der Waals surface area (Å²) in [6.07, 6.45) is 1.49. The van der Waals surface area contributed by atoms with Gasteiger partial charge in [-0.05, 0) is 43.2 Å². The molecule has 0 aromatic heterocycles. The van der Waals surface area contributed by atoms with Gasteiger partial charge in [0, 0.05) is 16.7 Å². The van der Waals surface area contributed by atoms with Gasteiger partial charge in [0.25, 0.3) is 11.8 Å². The van der Waals surface area contributed by atoms with Gasteiger partial charge in [-0.1, -0.05) is 61.9 Å². The Bertz CT molecular complexity index is 1240. The van der Waals surface area contributed by atoms with Crippen molar-refractivity contribution in [3.05, 3.63) is 101 Å². The number of aryl methyl sites for hydroxylation is 1. The molecule has 0 heterocycles. The highest BCUT2D eigenvalue weighted by Crippen LogP contribution is 2.19. The van der Waals surface area contributed by atoms with E-state index in [0.29, 0.717) is 22.4 Å². The first kappa shape index (κ1) is 25.2. The van der Waals surface area contributed by atoms with Crippen LogP contribution in [0.4, 0.5) is 0 Å². The number of nitrogens with one attached hydrogen (secondary N) is 2. The van der Waals surface area contributed by atoms with Crippen molar-refractivity contribution < 1.29 is 14.3 Å². The molecule has 0 saturated carbocycles. The Morgan fingerprint density at radius 2 is 1.71 bits per heavy atom. The Morgan fingerprint density at radius 1 is 1.03 bits per heavy atom. The fourth-order valence-electron chi connectivity index (χ4n) is 3.33. The number of para-hydroxylation sites is 1. The summed E-state index contributed by atoms with van der Waals surface area (Å²) < 4.78 is 5.91. The number of nitriles is 1. The SMILES string of the molecule is Cc1ccc(C(=O)NC(C(=O)NN=Cc2ccccc2OCc2ccccc2C#N)C(C)C)cc1.